The number of likely N-dealkylation sites (tertiary alicyclic amines) is 1. The minimum Gasteiger partial charge on any atom is -0.465 e. The second-order valence-corrected chi connectivity index (χ2v) is 8.76. The fraction of sp³-hybridized carbons (Fsp3) is 0.375. The minimum atomic E-state index is -2.48. The first kappa shape index (κ1) is 21.4. The molecule has 2 N–H and O–H groups in total. The van der Waals surface area contributed by atoms with Crippen molar-refractivity contribution in [2.24, 2.45) is 0 Å². The summed E-state index contributed by atoms with van der Waals surface area (Å²) in [6.45, 7) is 4.72. The molecule has 0 aliphatic carbocycles. The van der Waals surface area contributed by atoms with Crippen molar-refractivity contribution in [1.29, 1.82) is 0 Å². The number of nitrogens with zero attached hydrogens (tertiary/aromatic N) is 4. The average Bonchev–Trinajstić information content (AvgIpc) is 3.33. The number of aromatic nitrogens is 4. The Kier molecular flexibility index (Phi) is 5.26. The summed E-state index contributed by atoms with van der Waals surface area (Å²) >= 11 is 0. The molecule has 3 aromatic heterocycles. The monoisotopic (exact) mass is 453 g/mol. The van der Waals surface area contributed by atoms with E-state index in [0.29, 0.717) is 30.2 Å². The highest BCUT2D eigenvalue weighted by molar-refractivity contribution is 5.91. The Labute approximate surface area is 189 Å². The Morgan fingerprint density at radius 3 is 2.70 bits per heavy atom. The van der Waals surface area contributed by atoms with E-state index >= 15 is 0 Å². The number of nitrogens with one attached hydrogen (secondary N) is 1. The lowest BCUT2D eigenvalue weighted by molar-refractivity contribution is 0.132. The molecule has 0 unspecified atom stereocenters. The number of carbonyl (C=O) groups is 1. The lowest BCUT2D eigenvalue weighted by Gasteiger charge is -2.30. The summed E-state index contributed by atoms with van der Waals surface area (Å²) in [7, 11) is 0. The summed E-state index contributed by atoms with van der Waals surface area (Å²) < 4.78 is 29.0. The molecule has 4 aromatic rings. The molecule has 7 nitrogen and oxygen atoms in total. The van der Waals surface area contributed by atoms with Crippen molar-refractivity contribution in [1.82, 2.24) is 24.5 Å². The van der Waals surface area contributed by atoms with Crippen LogP contribution in [0.5, 0.6) is 0 Å². The average molecular weight is 453 g/mol. The van der Waals surface area contributed by atoms with E-state index in [4.69, 9.17) is 0 Å². The first-order valence-electron chi connectivity index (χ1n) is 11.0. The van der Waals surface area contributed by atoms with Gasteiger partial charge in [-0.25, -0.2) is 23.1 Å². The summed E-state index contributed by atoms with van der Waals surface area (Å²) in [4.78, 5) is 20.4. The van der Waals surface area contributed by atoms with Crippen molar-refractivity contribution in [3.05, 3.63) is 53.0 Å². The predicted octanol–water partition coefficient (Wildman–Crippen LogP) is 5.16. The number of amides is 1. The molecule has 1 fully saturated rings. The number of carboxylic acid groups (broad SMARTS) is 1. The molecule has 1 amide bonds. The number of rotatable bonds is 4. The van der Waals surface area contributed by atoms with Gasteiger partial charge >= 0.3 is 6.09 Å². The van der Waals surface area contributed by atoms with E-state index in [0.717, 1.165) is 46.1 Å². The first-order valence-corrected chi connectivity index (χ1v) is 11.0. The molecule has 4 heterocycles. The molecule has 1 aliphatic rings. The van der Waals surface area contributed by atoms with Gasteiger partial charge < -0.3 is 15.0 Å². The molecule has 0 bridgehead atoms. The van der Waals surface area contributed by atoms with Gasteiger partial charge in [-0.2, -0.15) is 5.10 Å². The Hall–Kier alpha value is -3.49. The number of halogens is 2. The van der Waals surface area contributed by atoms with Crippen LogP contribution in [0.4, 0.5) is 13.6 Å². The second kappa shape index (κ2) is 8.13. The summed E-state index contributed by atoms with van der Waals surface area (Å²) in [6.07, 6.45) is -0.465. The third-order valence-electron chi connectivity index (χ3n) is 6.54. The van der Waals surface area contributed by atoms with Gasteiger partial charge in [-0.15, -0.1) is 0 Å². The van der Waals surface area contributed by atoms with E-state index in [-0.39, 0.29) is 12.3 Å². The van der Waals surface area contributed by atoms with Gasteiger partial charge in [0, 0.05) is 42.2 Å². The van der Waals surface area contributed by atoms with E-state index < -0.39 is 12.5 Å². The quantitative estimate of drug-likeness (QED) is 0.447. The molecule has 9 heteroatoms. The van der Waals surface area contributed by atoms with Crippen LogP contribution in [-0.2, 0) is 6.42 Å². The standard InChI is InChI=1S/C24H25F2N5O2/c1-13-9-17(12-31-23(13)27-14(2)29-31)22-19(11-21(25)26)18-10-16(3-4-20(18)28-22)15-5-7-30(8-6-15)24(32)33/h3-4,9-10,12,15,21,28H,5-8,11H2,1-2H3,(H,32,33). The number of pyridine rings is 1. The molecule has 33 heavy (non-hydrogen) atoms. The van der Waals surface area contributed by atoms with Crippen molar-refractivity contribution in [3.63, 3.8) is 0 Å². The Bertz CT molecular complexity index is 1350. The highest BCUT2D eigenvalue weighted by Gasteiger charge is 2.25. The molecule has 0 spiro atoms. The normalized spacial score (nSPS) is 15.2. The molecule has 172 valence electrons. The van der Waals surface area contributed by atoms with Crippen molar-refractivity contribution < 1.29 is 18.7 Å². The van der Waals surface area contributed by atoms with Crippen LogP contribution >= 0.6 is 0 Å². The molecule has 0 saturated carbocycles. The zero-order valence-electron chi connectivity index (χ0n) is 18.5. The van der Waals surface area contributed by atoms with Crippen LogP contribution < -0.4 is 0 Å². The molecule has 1 saturated heterocycles. The van der Waals surface area contributed by atoms with Crippen LogP contribution in [-0.4, -0.2) is 55.2 Å². The van der Waals surface area contributed by atoms with Gasteiger partial charge in [0.15, 0.2) is 5.65 Å². The van der Waals surface area contributed by atoms with Crippen molar-refractivity contribution in [3.8, 4) is 11.3 Å². The number of fused-ring (bicyclic) bond motifs is 2. The van der Waals surface area contributed by atoms with Crippen molar-refractivity contribution >= 4 is 22.6 Å². The number of piperidine rings is 1. The van der Waals surface area contributed by atoms with Gasteiger partial charge in [0.05, 0.1) is 5.69 Å². The zero-order chi connectivity index (χ0) is 23.3. The maximum absolute atomic E-state index is 13.6. The van der Waals surface area contributed by atoms with E-state index in [2.05, 4.69) is 15.1 Å². The van der Waals surface area contributed by atoms with Gasteiger partial charge in [-0.3, -0.25) is 0 Å². The van der Waals surface area contributed by atoms with E-state index in [1.807, 2.05) is 44.3 Å². The maximum Gasteiger partial charge on any atom is 0.407 e. The Morgan fingerprint density at radius 1 is 1.24 bits per heavy atom. The number of aromatic amines is 1. The minimum absolute atomic E-state index is 0.208. The largest absolute Gasteiger partial charge is 0.465 e. The van der Waals surface area contributed by atoms with Crippen LogP contribution in [0.25, 0.3) is 27.8 Å². The summed E-state index contributed by atoms with van der Waals surface area (Å²) in [5.41, 5.74) is 5.57. The molecule has 1 aliphatic heterocycles. The highest BCUT2D eigenvalue weighted by atomic mass is 19.3. The van der Waals surface area contributed by atoms with Crippen LogP contribution in [0.15, 0.2) is 30.5 Å². The third-order valence-corrected chi connectivity index (χ3v) is 6.54. The number of aryl methyl sites for hydroxylation is 2. The van der Waals surface area contributed by atoms with E-state index in [1.54, 1.807) is 4.52 Å². The number of benzene rings is 1. The SMILES string of the molecule is Cc1nc2c(C)cc(-c3[nH]c4ccc(C5CCN(C(=O)O)CC5)cc4c3CC(F)F)cn2n1. The Balaban J connectivity index is 1.58. The van der Waals surface area contributed by atoms with Crippen LogP contribution in [0.1, 0.15) is 41.3 Å². The molecule has 0 atom stereocenters. The van der Waals surface area contributed by atoms with Crippen molar-refractivity contribution in [2.45, 2.75) is 45.5 Å². The highest BCUT2D eigenvalue weighted by Crippen LogP contribution is 2.36. The lowest BCUT2D eigenvalue weighted by Crippen LogP contribution is -2.36. The molecule has 5 rings (SSSR count). The molecule has 1 aromatic carbocycles. The summed E-state index contributed by atoms with van der Waals surface area (Å²) in [6, 6.07) is 7.91. The van der Waals surface area contributed by atoms with Gasteiger partial charge in [-0.05, 0) is 67.5 Å². The maximum atomic E-state index is 13.6. The molecular formula is C24H25F2N5O2. The lowest BCUT2D eigenvalue weighted by atomic mass is 9.88. The molecule has 0 radical (unpaired) electrons. The third kappa shape index (κ3) is 3.92. The van der Waals surface area contributed by atoms with Gasteiger partial charge in [0.2, 0.25) is 6.43 Å². The first-order chi connectivity index (χ1) is 15.8. The van der Waals surface area contributed by atoms with Gasteiger partial charge in [-0.1, -0.05) is 6.07 Å². The van der Waals surface area contributed by atoms with Crippen LogP contribution in [0, 0.1) is 13.8 Å². The zero-order valence-corrected chi connectivity index (χ0v) is 18.5. The smallest absolute Gasteiger partial charge is 0.407 e. The number of hydrogen-bond acceptors (Lipinski definition) is 3. The van der Waals surface area contributed by atoms with Crippen LogP contribution in [0.2, 0.25) is 0 Å². The molecular weight excluding hydrogens is 428 g/mol. The van der Waals surface area contributed by atoms with Gasteiger partial charge in [0.25, 0.3) is 0 Å². The number of alkyl halides is 2. The fourth-order valence-electron chi connectivity index (χ4n) is 4.93. The number of H-pyrrole nitrogens is 1. The number of hydrogen-bond donors (Lipinski definition) is 2. The Morgan fingerprint density at radius 2 is 2.00 bits per heavy atom. The van der Waals surface area contributed by atoms with Crippen LogP contribution in [0.3, 0.4) is 0 Å². The topological polar surface area (TPSA) is 86.5 Å². The fourth-order valence-corrected chi connectivity index (χ4v) is 4.93. The van der Waals surface area contributed by atoms with E-state index in [9.17, 15) is 18.7 Å². The predicted molar refractivity (Wildman–Crippen MR) is 121 cm³/mol. The summed E-state index contributed by atoms with van der Waals surface area (Å²) in [5, 5.41) is 14.4. The van der Waals surface area contributed by atoms with Crippen molar-refractivity contribution in [2.75, 3.05) is 13.1 Å². The van der Waals surface area contributed by atoms with Gasteiger partial charge in [0.1, 0.15) is 5.82 Å². The summed E-state index contributed by atoms with van der Waals surface area (Å²) in [5.74, 6) is 0.859. The second-order valence-electron chi connectivity index (χ2n) is 8.76. The van der Waals surface area contributed by atoms with E-state index in [1.165, 1.54) is 4.90 Å².